The van der Waals surface area contributed by atoms with Crippen LogP contribution in [0.5, 0.6) is 0 Å². The zero-order chi connectivity index (χ0) is 20.5. The number of rotatable bonds is 4. The van der Waals surface area contributed by atoms with Crippen LogP contribution in [0, 0.1) is 10.8 Å². The number of carbonyl (C=O) groups is 1. The fraction of sp³-hybridized carbons (Fsp3) is 0.348. The average molecular weight is 439 g/mol. The summed E-state index contributed by atoms with van der Waals surface area (Å²) >= 11 is 12.6. The summed E-state index contributed by atoms with van der Waals surface area (Å²) in [5.41, 5.74) is 1.91. The van der Waals surface area contributed by atoms with Crippen LogP contribution in [0.1, 0.15) is 37.3 Å². The van der Waals surface area contributed by atoms with Gasteiger partial charge in [-0.1, -0.05) is 53.5 Å². The molecular weight excluding hydrogens is 419 g/mol. The van der Waals surface area contributed by atoms with Crippen LogP contribution in [0.2, 0.25) is 10.0 Å². The summed E-state index contributed by atoms with van der Waals surface area (Å²) in [4.78, 5) is 13.4. The van der Waals surface area contributed by atoms with Gasteiger partial charge in [-0.05, 0) is 42.4 Å². The standard InChI is InChI=1S/C23H20Cl2N4O/c24-17-6-3-5-16(20(17)25)19-8-9-26-29(19)21(30)23-11-22(12-23,13-23)14-28-18-7-2-1-4-15(18)10-27-28/h1-7,9-10,19H,8,11-14H2. The predicted molar refractivity (Wildman–Crippen MR) is 118 cm³/mol. The molecule has 7 rings (SSSR count). The summed E-state index contributed by atoms with van der Waals surface area (Å²) in [5.74, 6) is 0.115. The molecule has 3 saturated carbocycles. The summed E-state index contributed by atoms with van der Waals surface area (Å²) < 4.78 is 2.09. The van der Waals surface area contributed by atoms with Crippen molar-refractivity contribution in [1.82, 2.24) is 14.8 Å². The minimum absolute atomic E-state index is 0.115. The van der Waals surface area contributed by atoms with Crippen molar-refractivity contribution >= 4 is 46.2 Å². The van der Waals surface area contributed by atoms with Gasteiger partial charge in [-0.25, -0.2) is 5.01 Å². The van der Waals surface area contributed by atoms with Gasteiger partial charge in [0.25, 0.3) is 0 Å². The maximum absolute atomic E-state index is 13.4. The van der Waals surface area contributed by atoms with Crippen molar-refractivity contribution in [3.63, 3.8) is 0 Å². The molecule has 3 aliphatic carbocycles. The van der Waals surface area contributed by atoms with E-state index >= 15 is 0 Å². The van der Waals surface area contributed by atoms with E-state index in [4.69, 9.17) is 23.2 Å². The first kappa shape index (κ1) is 18.4. The largest absolute Gasteiger partial charge is 0.272 e. The number of halogens is 2. The zero-order valence-electron chi connectivity index (χ0n) is 16.3. The number of hydrogen-bond acceptors (Lipinski definition) is 3. The monoisotopic (exact) mass is 438 g/mol. The fourth-order valence-corrected chi connectivity index (χ4v) is 6.18. The minimum Gasteiger partial charge on any atom is -0.272 e. The van der Waals surface area contributed by atoms with Gasteiger partial charge in [-0.2, -0.15) is 10.2 Å². The fourth-order valence-electron chi connectivity index (χ4n) is 5.75. The Morgan fingerprint density at radius 2 is 1.90 bits per heavy atom. The summed E-state index contributed by atoms with van der Waals surface area (Å²) in [5, 5.41) is 12.8. The van der Waals surface area contributed by atoms with Crippen molar-refractivity contribution in [3.05, 3.63) is 64.3 Å². The van der Waals surface area contributed by atoms with E-state index in [1.165, 1.54) is 0 Å². The average Bonchev–Trinajstić information content (AvgIpc) is 3.32. The third-order valence-electron chi connectivity index (χ3n) is 7.01. The number of aromatic nitrogens is 2. The number of carbonyl (C=O) groups excluding carboxylic acids is 1. The molecule has 1 aromatic heterocycles. The third-order valence-corrected chi connectivity index (χ3v) is 7.84. The lowest BCUT2D eigenvalue weighted by Crippen LogP contribution is -2.68. The van der Waals surface area contributed by atoms with Crippen LogP contribution < -0.4 is 0 Å². The smallest absolute Gasteiger partial charge is 0.249 e. The quantitative estimate of drug-likeness (QED) is 0.541. The first-order chi connectivity index (χ1) is 14.5. The second kappa shape index (κ2) is 6.32. The molecule has 0 saturated heterocycles. The summed E-state index contributed by atoms with van der Waals surface area (Å²) in [6.07, 6.45) is 7.07. The third kappa shape index (κ3) is 2.51. The predicted octanol–water partition coefficient (Wildman–Crippen LogP) is 5.47. The first-order valence-corrected chi connectivity index (χ1v) is 11.0. The van der Waals surface area contributed by atoms with Gasteiger partial charge in [-0.3, -0.25) is 9.48 Å². The molecule has 1 amide bonds. The molecule has 2 bridgehead atoms. The van der Waals surface area contributed by atoms with Crippen LogP contribution in [-0.2, 0) is 11.3 Å². The van der Waals surface area contributed by atoms with E-state index < -0.39 is 0 Å². The van der Waals surface area contributed by atoms with E-state index in [0.29, 0.717) is 16.5 Å². The zero-order valence-corrected chi connectivity index (χ0v) is 17.8. The number of amides is 1. The van der Waals surface area contributed by atoms with Crippen LogP contribution in [0.4, 0.5) is 0 Å². The van der Waals surface area contributed by atoms with Gasteiger partial charge in [0.2, 0.25) is 5.91 Å². The van der Waals surface area contributed by atoms with E-state index in [9.17, 15) is 4.79 Å². The summed E-state index contributed by atoms with van der Waals surface area (Å²) in [7, 11) is 0. The molecule has 2 heterocycles. The van der Waals surface area contributed by atoms with Gasteiger partial charge in [0.15, 0.2) is 0 Å². The lowest BCUT2D eigenvalue weighted by Gasteiger charge is -2.69. The SMILES string of the molecule is O=C(N1N=CCC1c1cccc(Cl)c1Cl)C12CC(Cn3ncc4ccccc43)(C1)C2. The minimum atomic E-state index is -0.284. The van der Waals surface area contributed by atoms with Crippen molar-refractivity contribution in [2.75, 3.05) is 0 Å². The Balaban J connectivity index is 1.19. The molecule has 1 atom stereocenters. The van der Waals surface area contributed by atoms with Gasteiger partial charge in [0.05, 0.1) is 33.2 Å². The van der Waals surface area contributed by atoms with Gasteiger partial charge < -0.3 is 0 Å². The Kier molecular flexibility index (Phi) is 3.87. The van der Waals surface area contributed by atoms with Gasteiger partial charge in [0, 0.05) is 24.6 Å². The molecule has 0 N–H and O–H groups in total. The Bertz CT molecular complexity index is 1200. The highest BCUT2D eigenvalue weighted by molar-refractivity contribution is 6.42. The lowest BCUT2D eigenvalue weighted by atomic mass is 9.34. The molecule has 3 fully saturated rings. The molecule has 7 heteroatoms. The van der Waals surface area contributed by atoms with Crippen LogP contribution in [0.15, 0.2) is 53.8 Å². The second-order valence-corrected chi connectivity index (χ2v) is 9.80. The number of fused-ring (bicyclic) bond motifs is 1. The Hall–Kier alpha value is -2.37. The van der Waals surface area contributed by atoms with E-state index in [-0.39, 0.29) is 22.8 Å². The Morgan fingerprint density at radius 1 is 1.10 bits per heavy atom. The Morgan fingerprint density at radius 3 is 2.73 bits per heavy atom. The molecule has 152 valence electrons. The van der Waals surface area contributed by atoms with Crippen molar-refractivity contribution in [1.29, 1.82) is 0 Å². The van der Waals surface area contributed by atoms with Gasteiger partial charge in [-0.15, -0.1) is 0 Å². The van der Waals surface area contributed by atoms with Crippen molar-refractivity contribution in [2.45, 2.75) is 38.3 Å². The van der Waals surface area contributed by atoms with E-state index in [1.807, 2.05) is 30.5 Å². The molecule has 3 aromatic rings. The number of hydrogen-bond donors (Lipinski definition) is 0. The topological polar surface area (TPSA) is 50.5 Å². The maximum atomic E-state index is 13.4. The number of hydrazone groups is 1. The van der Waals surface area contributed by atoms with Crippen LogP contribution in [-0.4, -0.2) is 26.9 Å². The first-order valence-electron chi connectivity index (χ1n) is 10.2. The molecular formula is C23H20Cl2N4O. The Labute approximate surface area is 184 Å². The highest BCUT2D eigenvalue weighted by Crippen LogP contribution is 2.74. The molecule has 30 heavy (non-hydrogen) atoms. The van der Waals surface area contributed by atoms with Crippen molar-refractivity contribution < 1.29 is 4.79 Å². The molecule has 0 radical (unpaired) electrons. The summed E-state index contributed by atoms with van der Waals surface area (Å²) in [6, 6.07) is 13.6. The highest BCUT2D eigenvalue weighted by Gasteiger charge is 2.72. The maximum Gasteiger partial charge on any atom is 0.249 e. The van der Waals surface area contributed by atoms with Crippen LogP contribution in [0.25, 0.3) is 10.9 Å². The molecule has 2 aromatic carbocycles. The normalized spacial score (nSPS) is 29.1. The van der Waals surface area contributed by atoms with Crippen LogP contribution >= 0.6 is 23.2 Å². The van der Waals surface area contributed by atoms with E-state index in [0.717, 1.165) is 42.3 Å². The van der Waals surface area contributed by atoms with E-state index in [2.05, 4.69) is 27.0 Å². The molecule has 4 aliphatic rings. The van der Waals surface area contributed by atoms with Gasteiger partial charge >= 0.3 is 0 Å². The van der Waals surface area contributed by atoms with Crippen LogP contribution in [0.3, 0.4) is 0 Å². The van der Waals surface area contributed by atoms with Crippen molar-refractivity contribution in [2.24, 2.45) is 15.9 Å². The lowest BCUT2D eigenvalue weighted by molar-refractivity contribution is -0.223. The summed E-state index contributed by atoms with van der Waals surface area (Å²) in [6.45, 7) is 0.863. The highest BCUT2D eigenvalue weighted by atomic mass is 35.5. The van der Waals surface area contributed by atoms with Gasteiger partial charge in [0.1, 0.15) is 0 Å². The van der Waals surface area contributed by atoms with E-state index in [1.54, 1.807) is 17.3 Å². The molecule has 1 unspecified atom stereocenters. The number of para-hydroxylation sites is 1. The molecule has 1 aliphatic heterocycles. The molecule has 5 nitrogen and oxygen atoms in total. The number of nitrogens with zero attached hydrogens (tertiary/aromatic N) is 4. The second-order valence-electron chi connectivity index (χ2n) is 9.01. The van der Waals surface area contributed by atoms with Crippen molar-refractivity contribution in [3.8, 4) is 0 Å². The number of benzene rings is 2. The molecule has 0 spiro atoms.